The zero-order valence-electron chi connectivity index (χ0n) is 12.3. The van der Waals surface area contributed by atoms with E-state index in [9.17, 15) is 14.9 Å². The Kier molecular flexibility index (Phi) is 4.67. The molecule has 0 saturated heterocycles. The lowest BCUT2D eigenvalue weighted by molar-refractivity contribution is -0.385. The van der Waals surface area contributed by atoms with Gasteiger partial charge in [0.25, 0.3) is 11.6 Å². The minimum atomic E-state index is -0.485. The molecule has 21 heavy (non-hydrogen) atoms. The van der Waals surface area contributed by atoms with Crippen LogP contribution in [0.3, 0.4) is 0 Å². The van der Waals surface area contributed by atoms with Crippen molar-refractivity contribution in [3.8, 4) is 0 Å². The average molecular weight is 289 g/mol. The van der Waals surface area contributed by atoms with Crippen LogP contribution in [-0.4, -0.2) is 16.5 Å². The summed E-state index contributed by atoms with van der Waals surface area (Å²) < 4.78 is 0. The predicted molar refractivity (Wildman–Crippen MR) is 80.4 cm³/mol. The molecule has 0 bridgehead atoms. The van der Waals surface area contributed by atoms with E-state index in [1.807, 2.05) is 0 Å². The van der Waals surface area contributed by atoms with Crippen LogP contribution in [0.5, 0.6) is 0 Å². The Morgan fingerprint density at radius 3 is 2.86 bits per heavy atom. The Bertz CT molecular complexity index is 596. The second-order valence-electron chi connectivity index (χ2n) is 5.45. The molecule has 0 aliphatic heterocycles. The SMILES string of the molecule is Cc1ccc(C(=O)NN=C2CCCCC2C)cc1[N+](=O)[O-]. The van der Waals surface area contributed by atoms with Gasteiger partial charge in [0.2, 0.25) is 0 Å². The van der Waals surface area contributed by atoms with Crippen molar-refractivity contribution >= 4 is 17.3 Å². The Labute approximate surface area is 123 Å². The summed E-state index contributed by atoms with van der Waals surface area (Å²) in [5.74, 6) is -0.0326. The molecule has 0 aromatic heterocycles. The molecule has 1 saturated carbocycles. The largest absolute Gasteiger partial charge is 0.273 e. The number of nitrogens with zero attached hydrogens (tertiary/aromatic N) is 2. The molecule has 0 spiro atoms. The zero-order chi connectivity index (χ0) is 15.4. The zero-order valence-corrected chi connectivity index (χ0v) is 12.3. The third-order valence-corrected chi connectivity index (χ3v) is 3.86. The standard InChI is InChI=1S/C15H19N3O3/c1-10-5-3-4-6-13(10)16-17-15(19)12-8-7-11(2)14(9-12)18(20)21/h7-10H,3-6H2,1-2H3,(H,17,19). The number of hydrogen-bond acceptors (Lipinski definition) is 4. The molecule has 6 heteroatoms. The van der Waals surface area contributed by atoms with Crippen LogP contribution in [0.1, 0.15) is 48.5 Å². The van der Waals surface area contributed by atoms with Crippen LogP contribution < -0.4 is 5.43 Å². The fraction of sp³-hybridized carbons (Fsp3) is 0.467. The number of nitro groups is 1. The van der Waals surface area contributed by atoms with Crippen LogP contribution in [0.15, 0.2) is 23.3 Å². The van der Waals surface area contributed by atoms with Gasteiger partial charge in [0, 0.05) is 22.9 Å². The van der Waals surface area contributed by atoms with Gasteiger partial charge in [0.1, 0.15) is 0 Å². The van der Waals surface area contributed by atoms with Gasteiger partial charge in [-0.3, -0.25) is 14.9 Å². The number of aryl methyl sites for hydroxylation is 1. The van der Waals surface area contributed by atoms with Crippen molar-refractivity contribution in [1.82, 2.24) is 5.43 Å². The molecule has 1 aromatic rings. The summed E-state index contributed by atoms with van der Waals surface area (Å²) in [4.78, 5) is 22.4. The number of nitrogens with one attached hydrogen (secondary N) is 1. The molecule has 1 unspecified atom stereocenters. The molecule has 6 nitrogen and oxygen atoms in total. The maximum absolute atomic E-state index is 12.0. The molecule has 112 valence electrons. The molecule has 1 aliphatic carbocycles. The number of carbonyl (C=O) groups excluding carboxylic acids is 1. The van der Waals surface area contributed by atoms with Crippen LogP contribution in [0, 0.1) is 23.0 Å². The quantitative estimate of drug-likeness (QED) is 0.685. The van der Waals surface area contributed by atoms with E-state index in [0.717, 1.165) is 25.0 Å². The van der Waals surface area contributed by atoms with Crippen LogP contribution in [0.4, 0.5) is 5.69 Å². The summed E-state index contributed by atoms with van der Waals surface area (Å²) >= 11 is 0. The van der Waals surface area contributed by atoms with Crippen molar-refractivity contribution in [1.29, 1.82) is 0 Å². The minimum Gasteiger partial charge on any atom is -0.267 e. The van der Waals surface area contributed by atoms with Crippen LogP contribution in [0.2, 0.25) is 0 Å². The van der Waals surface area contributed by atoms with Crippen LogP contribution >= 0.6 is 0 Å². The lowest BCUT2D eigenvalue weighted by Gasteiger charge is -2.19. The first kappa shape index (κ1) is 15.2. The number of amides is 1. The smallest absolute Gasteiger partial charge is 0.267 e. The molecule has 0 radical (unpaired) electrons. The molecule has 1 amide bonds. The summed E-state index contributed by atoms with van der Waals surface area (Å²) in [5, 5.41) is 15.1. The van der Waals surface area contributed by atoms with Gasteiger partial charge in [-0.15, -0.1) is 0 Å². The van der Waals surface area contributed by atoms with E-state index in [2.05, 4.69) is 17.5 Å². The molecule has 1 aliphatic rings. The fourth-order valence-corrected chi connectivity index (χ4v) is 2.47. The van der Waals surface area contributed by atoms with E-state index in [-0.39, 0.29) is 11.3 Å². The Morgan fingerprint density at radius 1 is 1.43 bits per heavy atom. The number of hydrazone groups is 1. The third kappa shape index (κ3) is 3.65. The second-order valence-corrected chi connectivity index (χ2v) is 5.45. The van der Waals surface area contributed by atoms with Gasteiger partial charge in [-0.2, -0.15) is 5.10 Å². The van der Waals surface area contributed by atoms with Crippen molar-refractivity contribution in [3.63, 3.8) is 0 Å². The number of benzene rings is 1. The lowest BCUT2D eigenvalue weighted by Crippen LogP contribution is -2.24. The first-order chi connectivity index (χ1) is 9.99. The maximum atomic E-state index is 12.0. The number of rotatable bonds is 3. The molecule has 2 rings (SSSR count). The van der Waals surface area contributed by atoms with E-state index in [1.165, 1.54) is 12.5 Å². The van der Waals surface area contributed by atoms with Crippen molar-refractivity contribution in [3.05, 3.63) is 39.4 Å². The summed E-state index contributed by atoms with van der Waals surface area (Å²) in [7, 11) is 0. The summed E-state index contributed by atoms with van der Waals surface area (Å²) in [5.41, 5.74) is 4.23. The highest BCUT2D eigenvalue weighted by Gasteiger charge is 2.17. The van der Waals surface area contributed by atoms with Crippen molar-refractivity contribution in [2.75, 3.05) is 0 Å². The van der Waals surface area contributed by atoms with E-state index >= 15 is 0 Å². The maximum Gasteiger partial charge on any atom is 0.273 e. The Balaban J connectivity index is 2.12. The number of carbonyl (C=O) groups is 1. The first-order valence-electron chi connectivity index (χ1n) is 7.11. The third-order valence-electron chi connectivity index (χ3n) is 3.86. The van der Waals surface area contributed by atoms with E-state index in [1.54, 1.807) is 19.1 Å². The first-order valence-corrected chi connectivity index (χ1v) is 7.11. The fourth-order valence-electron chi connectivity index (χ4n) is 2.47. The van der Waals surface area contributed by atoms with E-state index in [0.29, 0.717) is 11.5 Å². The Hall–Kier alpha value is -2.24. The van der Waals surface area contributed by atoms with E-state index in [4.69, 9.17) is 0 Å². The topological polar surface area (TPSA) is 84.6 Å². The normalized spacial score (nSPS) is 20.3. The molecular weight excluding hydrogens is 270 g/mol. The van der Waals surface area contributed by atoms with Crippen molar-refractivity contribution < 1.29 is 9.72 Å². The molecule has 1 atom stereocenters. The summed E-state index contributed by atoms with van der Waals surface area (Å²) in [6.07, 6.45) is 4.27. The summed E-state index contributed by atoms with van der Waals surface area (Å²) in [6.45, 7) is 3.74. The minimum absolute atomic E-state index is 0.0543. The molecule has 1 fully saturated rings. The Morgan fingerprint density at radius 2 is 2.19 bits per heavy atom. The number of nitro benzene ring substituents is 1. The van der Waals surface area contributed by atoms with Gasteiger partial charge in [-0.25, -0.2) is 5.43 Å². The van der Waals surface area contributed by atoms with Gasteiger partial charge >= 0.3 is 0 Å². The highest BCUT2D eigenvalue weighted by atomic mass is 16.6. The van der Waals surface area contributed by atoms with Crippen LogP contribution in [0.25, 0.3) is 0 Å². The van der Waals surface area contributed by atoms with Crippen molar-refractivity contribution in [2.45, 2.75) is 39.5 Å². The molecular formula is C15H19N3O3. The highest BCUT2D eigenvalue weighted by Crippen LogP contribution is 2.21. The molecule has 1 aromatic carbocycles. The van der Waals surface area contributed by atoms with Gasteiger partial charge in [-0.05, 0) is 38.2 Å². The van der Waals surface area contributed by atoms with Crippen molar-refractivity contribution in [2.24, 2.45) is 11.0 Å². The second kappa shape index (κ2) is 6.47. The predicted octanol–water partition coefficient (Wildman–Crippen LogP) is 3.20. The number of hydrogen-bond donors (Lipinski definition) is 1. The molecule has 1 N–H and O–H groups in total. The van der Waals surface area contributed by atoms with Gasteiger partial charge in [0.15, 0.2) is 0 Å². The monoisotopic (exact) mass is 289 g/mol. The lowest BCUT2D eigenvalue weighted by atomic mass is 9.89. The van der Waals surface area contributed by atoms with Crippen LogP contribution in [-0.2, 0) is 0 Å². The van der Waals surface area contributed by atoms with Gasteiger partial charge in [0.05, 0.1) is 4.92 Å². The molecule has 0 heterocycles. The summed E-state index contributed by atoms with van der Waals surface area (Å²) in [6, 6.07) is 4.43. The van der Waals surface area contributed by atoms with E-state index < -0.39 is 10.8 Å². The van der Waals surface area contributed by atoms with Gasteiger partial charge in [-0.1, -0.05) is 19.4 Å². The average Bonchev–Trinajstić information content (AvgIpc) is 2.46. The van der Waals surface area contributed by atoms with Gasteiger partial charge < -0.3 is 0 Å². The highest BCUT2D eigenvalue weighted by molar-refractivity contribution is 5.96.